The van der Waals surface area contributed by atoms with Crippen molar-refractivity contribution >= 4 is 28.6 Å². The van der Waals surface area contributed by atoms with E-state index in [1.165, 1.54) is 30.3 Å². The van der Waals surface area contributed by atoms with E-state index >= 15 is 0 Å². The smallest absolute Gasteiger partial charge is 0.343 e. The number of rotatable bonds is 8. The van der Waals surface area contributed by atoms with Crippen LogP contribution in [-0.2, 0) is 27.2 Å². The van der Waals surface area contributed by atoms with E-state index in [1.807, 2.05) is 0 Å². The number of fused-ring (bicyclic) bond motifs is 1. The number of esters is 1. The number of Topliss-reactive ketones (excluding diaryl/α,β-unsaturated/α-hetero) is 1. The fourth-order valence-corrected chi connectivity index (χ4v) is 2.93. The number of ether oxygens (including phenoxy) is 2. The van der Waals surface area contributed by atoms with Crippen molar-refractivity contribution in [3.8, 4) is 5.75 Å². The summed E-state index contributed by atoms with van der Waals surface area (Å²) in [5, 5.41) is -0.177. The number of carbonyl (C=O) groups is 3. The van der Waals surface area contributed by atoms with Gasteiger partial charge in [0, 0.05) is 14.9 Å². The molecular weight excluding hydrogens is 372 g/mol. The van der Waals surface area contributed by atoms with Crippen molar-refractivity contribution < 1.29 is 33.5 Å². The van der Waals surface area contributed by atoms with E-state index in [0.29, 0.717) is 0 Å². The molecule has 7 heteroatoms. The highest BCUT2D eigenvalue weighted by Gasteiger charge is 2.27. The van der Waals surface area contributed by atoms with Crippen LogP contribution in [0.1, 0.15) is 38.1 Å². The van der Waals surface area contributed by atoms with Crippen LogP contribution in [0.15, 0.2) is 48.5 Å². The molecule has 0 saturated heterocycles. The Morgan fingerprint density at radius 2 is 1.90 bits per heavy atom. The summed E-state index contributed by atoms with van der Waals surface area (Å²) in [7, 11) is -3.01. The monoisotopic (exact) mass is 401 g/mol. The molecule has 29 heavy (non-hydrogen) atoms. The Morgan fingerprint density at radius 3 is 2.55 bits per heavy atom. The summed E-state index contributed by atoms with van der Waals surface area (Å²) in [6.07, 6.45) is -2.36. The summed E-state index contributed by atoms with van der Waals surface area (Å²) in [5.74, 6) is -4.19. The fourth-order valence-electron chi connectivity index (χ4n) is 2.93. The van der Waals surface area contributed by atoms with Gasteiger partial charge in [0.25, 0.3) is 11.7 Å². The number of nitrogens with two attached hydrogens (primary N) is 1. The third kappa shape index (κ3) is 3.99. The fraction of sp³-hybridized carbons (Fsp3) is 0.227. The first-order chi connectivity index (χ1) is 16.6. The normalized spacial score (nSPS) is 15.7. The molecule has 0 aliphatic carbocycles. The van der Waals surface area contributed by atoms with Crippen LogP contribution >= 0.6 is 0 Å². The van der Waals surface area contributed by atoms with E-state index in [2.05, 4.69) is 4.74 Å². The van der Waals surface area contributed by atoms with Crippen molar-refractivity contribution in [3.63, 3.8) is 0 Å². The van der Waals surface area contributed by atoms with Gasteiger partial charge < -0.3 is 19.8 Å². The molecule has 2 aromatic carbocycles. The van der Waals surface area contributed by atoms with Crippen molar-refractivity contribution in [3.05, 3.63) is 65.4 Å². The molecule has 0 radical (unpaired) electrons. The number of ketones is 1. The van der Waals surface area contributed by atoms with Crippen molar-refractivity contribution in [1.29, 1.82) is 0 Å². The van der Waals surface area contributed by atoms with Gasteiger partial charge in [0.1, 0.15) is 5.75 Å². The molecule has 150 valence electrons. The molecule has 0 unspecified atom stereocenters. The number of amides is 1. The summed E-state index contributed by atoms with van der Waals surface area (Å²) < 4.78 is 66.2. The highest BCUT2D eigenvalue weighted by Crippen LogP contribution is 2.35. The average molecular weight is 401 g/mol. The lowest BCUT2D eigenvalue weighted by Gasteiger charge is -2.11. The third-order valence-corrected chi connectivity index (χ3v) is 4.12. The Kier molecular flexibility index (Phi) is 3.79. The first-order valence-electron chi connectivity index (χ1n) is 12.0. The second-order valence-corrected chi connectivity index (χ2v) is 5.89. The second kappa shape index (κ2) is 8.60. The Labute approximate surface area is 177 Å². The van der Waals surface area contributed by atoms with Gasteiger partial charge in [-0.05, 0) is 24.1 Å². The van der Waals surface area contributed by atoms with Gasteiger partial charge in [-0.3, -0.25) is 9.59 Å². The van der Waals surface area contributed by atoms with E-state index in [-0.39, 0.29) is 22.2 Å². The van der Waals surface area contributed by atoms with Gasteiger partial charge in [0.05, 0.1) is 30.4 Å². The maximum atomic E-state index is 13.0. The first kappa shape index (κ1) is 12.8. The van der Waals surface area contributed by atoms with Crippen molar-refractivity contribution in [2.24, 2.45) is 5.73 Å². The van der Waals surface area contributed by atoms with Gasteiger partial charge >= 0.3 is 5.97 Å². The van der Waals surface area contributed by atoms with Crippen LogP contribution in [0.3, 0.4) is 0 Å². The number of primary amides is 1. The minimum Gasteiger partial charge on any atom is -0.481 e. The topological polar surface area (TPSA) is 101 Å². The molecule has 0 bridgehead atoms. The van der Waals surface area contributed by atoms with Gasteiger partial charge in [-0.25, -0.2) is 4.79 Å². The molecule has 7 nitrogen and oxygen atoms in total. The molecule has 0 aliphatic rings. The minimum atomic E-state index is -3.01. The summed E-state index contributed by atoms with van der Waals surface area (Å²) in [5.41, 5.74) is 4.33. The first-order valence-corrected chi connectivity index (χ1v) is 8.48. The Balaban J connectivity index is 2.35. The lowest BCUT2D eigenvalue weighted by Crippen LogP contribution is -2.24. The van der Waals surface area contributed by atoms with Crippen LogP contribution in [0.5, 0.6) is 5.75 Å². The minimum absolute atomic E-state index is 0.0316. The number of carbonyl (C=O) groups excluding carboxylic acids is 3. The number of benzene rings is 2. The van der Waals surface area contributed by atoms with Crippen LogP contribution in [-0.4, -0.2) is 35.9 Å². The van der Waals surface area contributed by atoms with Gasteiger partial charge in [-0.2, -0.15) is 0 Å². The second-order valence-electron chi connectivity index (χ2n) is 5.89. The van der Waals surface area contributed by atoms with Crippen molar-refractivity contribution in [2.75, 3.05) is 13.6 Å². The van der Waals surface area contributed by atoms with Crippen LogP contribution in [0, 0.1) is 0 Å². The van der Waals surface area contributed by atoms with E-state index in [0.717, 1.165) is 11.5 Å². The largest absolute Gasteiger partial charge is 0.481 e. The number of aromatic nitrogens is 1. The van der Waals surface area contributed by atoms with Gasteiger partial charge in [0.15, 0.2) is 6.61 Å². The number of nitrogens with zero attached hydrogens (tertiary/aromatic N) is 1. The summed E-state index contributed by atoms with van der Waals surface area (Å²) in [4.78, 5) is 36.8. The van der Waals surface area contributed by atoms with Crippen LogP contribution in [0.4, 0.5) is 0 Å². The summed E-state index contributed by atoms with van der Waals surface area (Å²) in [6, 6.07) is 11.9. The summed E-state index contributed by atoms with van der Waals surface area (Å²) >= 11 is 0. The molecule has 1 amide bonds. The van der Waals surface area contributed by atoms with Gasteiger partial charge in [-0.1, -0.05) is 43.3 Å². The molecule has 3 aromatic rings. The van der Waals surface area contributed by atoms with Crippen LogP contribution in [0.2, 0.25) is 0 Å². The molecule has 2 N–H and O–H groups in total. The maximum Gasteiger partial charge on any atom is 0.343 e. The predicted octanol–water partition coefficient (Wildman–Crippen LogP) is 2.47. The highest BCUT2D eigenvalue weighted by atomic mass is 16.6. The molecule has 0 fully saturated rings. The SMILES string of the molecule is [2H]C([2H])([2H])OC(=O)COc1cccc2c1c(C(=O)C(N)=O)c(C([2H])([2H])C)n2C([2H])([2H])c1ccccc1. The third-order valence-electron chi connectivity index (χ3n) is 4.12. The lowest BCUT2D eigenvalue weighted by atomic mass is 10.0. The maximum absolute atomic E-state index is 13.0. The molecule has 0 atom stereocenters. The Bertz CT molecular complexity index is 1330. The lowest BCUT2D eigenvalue weighted by molar-refractivity contribution is -0.142. The molecule has 1 heterocycles. The predicted molar refractivity (Wildman–Crippen MR) is 108 cm³/mol. The number of methoxy groups -OCH3 is 1. The molecule has 0 spiro atoms. The summed E-state index contributed by atoms with van der Waals surface area (Å²) in [6.45, 7) is -2.23. The van der Waals surface area contributed by atoms with Gasteiger partial charge in [0.2, 0.25) is 0 Å². The van der Waals surface area contributed by atoms with E-state index in [9.17, 15) is 14.4 Å². The average Bonchev–Trinajstić information content (AvgIpc) is 3.13. The molecular formula is C22H22N2O5. The zero-order valence-corrected chi connectivity index (χ0v) is 15.4. The van der Waals surface area contributed by atoms with Crippen molar-refractivity contribution in [1.82, 2.24) is 4.57 Å². The van der Waals surface area contributed by atoms with Crippen LogP contribution in [0.25, 0.3) is 10.9 Å². The Morgan fingerprint density at radius 1 is 1.14 bits per heavy atom. The zero-order valence-electron chi connectivity index (χ0n) is 22.4. The molecule has 1 aromatic heterocycles. The van der Waals surface area contributed by atoms with Crippen LogP contribution < -0.4 is 10.5 Å². The quantitative estimate of drug-likeness (QED) is 0.355. The van der Waals surface area contributed by atoms with E-state index in [4.69, 9.17) is 20.1 Å². The van der Waals surface area contributed by atoms with E-state index < -0.39 is 55.4 Å². The number of hydrogen-bond donors (Lipinski definition) is 1. The highest BCUT2D eigenvalue weighted by molar-refractivity contribution is 6.45. The van der Waals surface area contributed by atoms with Gasteiger partial charge in [-0.15, -0.1) is 0 Å². The molecule has 3 rings (SSSR count). The molecule has 0 aliphatic heterocycles. The molecule has 0 saturated carbocycles. The standard InChI is InChI=1S/C22H22N2O5/c1-3-15-20(21(26)22(23)27)19-16(24(15)12-14-8-5-4-6-9-14)10-7-11-17(19)29-13-18(25)28-2/h4-11H,3,12-13H2,1-2H3,(H2,23,27)/i2D3,3D2,12D2. The van der Waals surface area contributed by atoms with E-state index in [1.54, 1.807) is 18.2 Å². The number of hydrogen-bond acceptors (Lipinski definition) is 5. The van der Waals surface area contributed by atoms with Crippen molar-refractivity contribution in [2.45, 2.75) is 19.8 Å². The Hall–Kier alpha value is -3.61. The zero-order chi connectivity index (χ0) is 27.1.